The number of cyclic esters (lactones) is 1. The Bertz CT molecular complexity index is 749. The average molecular weight is 469 g/mol. The van der Waals surface area contributed by atoms with E-state index < -0.39 is 0 Å². The maximum Gasteiger partial charge on any atom is 0.410 e. The normalized spacial score (nSPS) is 20.0. The van der Waals surface area contributed by atoms with E-state index in [-0.39, 0.29) is 24.1 Å². The highest BCUT2D eigenvalue weighted by Crippen LogP contribution is 2.34. The summed E-state index contributed by atoms with van der Waals surface area (Å²) >= 11 is 3.47. The number of rotatable bonds is 7. The summed E-state index contributed by atoms with van der Waals surface area (Å²) in [4.78, 5) is 29.1. The number of nitrogens with zero attached hydrogens (tertiary/aromatic N) is 2. The predicted octanol–water partition coefficient (Wildman–Crippen LogP) is 4.08. The summed E-state index contributed by atoms with van der Waals surface area (Å²) in [6, 6.07) is 3.74. The van der Waals surface area contributed by atoms with Crippen LogP contribution in [0.3, 0.4) is 0 Å². The molecule has 29 heavy (non-hydrogen) atoms. The summed E-state index contributed by atoms with van der Waals surface area (Å²) in [7, 11) is 3.11. The maximum absolute atomic E-state index is 13.1. The van der Waals surface area contributed by atoms with Crippen molar-refractivity contribution in [2.24, 2.45) is 0 Å². The molecule has 0 spiro atoms. The summed E-state index contributed by atoms with van der Waals surface area (Å²) in [5.74, 6) is 1.04. The Hall–Kier alpha value is -1.96. The van der Waals surface area contributed by atoms with Gasteiger partial charge in [-0.25, -0.2) is 4.79 Å². The van der Waals surface area contributed by atoms with Crippen molar-refractivity contribution in [2.45, 2.75) is 51.1 Å². The Labute approximate surface area is 180 Å². The van der Waals surface area contributed by atoms with Crippen molar-refractivity contribution in [3.05, 3.63) is 22.2 Å². The third kappa shape index (κ3) is 4.63. The molecule has 2 amide bonds. The molecule has 0 aromatic heterocycles. The molecule has 0 radical (unpaired) electrons. The largest absolute Gasteiger partial charge is 0.493 e. The van der Waals surface area contributed by atoms with Crippen LogP contribution in [0.1, 0.15) is 49.4 Å². The zero-order valence-electron chi connectivity index (χ0n) is 17.3. The quantitative estimate of drug-likeness (QED) is 0.602. The molecule has 160 valence electrons. The number of halogens is 1. The molecule has 7 nitrogen and oxygen atoms in total. The smallest absolute Gasteiger partial charge is 0.410 e. The lowest BCUT2D eigenvalue weighted by molar-refractivity contribution is 0.0632. The van der Waals surface area contributed by atoms with Crippen LogP contribution in [0.2, 0.25) is 0 Å². The Kier molecular flexibility index (Phi) is 7.27. The molecule has 2 aliphatic rings. The Morgan fingerprint density at radius 3 is 2.48 bits per heavy atom. The van der Waals surface area contributed by atoms with Crippen LogP contribution in [0.4, 0.5) is 4.79 Å². The first kappa shape index (κ1) is 21.7. The van der Waals surface area contributed by atoms with Crippen molar-refractivity contribution in [1.82, 2.24) is 9.80 Å². The summed E-state index contributed by atoms with van der Waals surface area (Å²) in [5.41, 5.74) is 0.544. The molecule has 0 aliphatic carbocycles. The fourth-order valence-electron chi connectivity index (χ4n) is 4.12. The molecule has 3 rings (SSSR count). The Balaban J connectivity index is 1.66. The molecule has 0 saturated carbocycles. The van der Waals surface area contributed by atoms with Gasteiger partial charge in [0.1, 0.15) is 6.61 Å². The molecule has 1 atom stereocenters. The van der Waals surface area contributed by atoms with E-state index in [1.54, 1.807) is 26.4 Å². The van der Waals surface area contributed by atoms with Crippen molar-refractivity contribution >= 4 is 27.9 Å². The van der Waals surface area contributed by atoms with Crippen LogP contribution in [0.5, 0.6) is 11.5 Å². The third-order valence-electron chi connectivity index (χ3n) is 5.74. The van der Waals surface area contributed by atoms with E-state index in [0.29, 0.717) is 41.2 Å². The van der Waals surface area contributed by atoms with E-state index in [1.165, 1.54) is 0 Å². The zero-order valence-corrected chi connectivity index (χ0v) is 18.9. The van der Waals surface area contributed by atoms with Gasteiger partial charge in [-0.05, 0) is 47.3 Å². The number of carbonyl (C=O) groups excluding carboxylic acids is 2. The van der Waals surface area contributed by atoms with Gasteiger partial charge >= 0.3 is 6.09 Å². The second-order valence-electron chi connectivity index (χ2n) is 7.49. The zero-order chi connectivity index (χ0) is 21.0. The number of hydrogen-bond acceptors (Lipinski definition) is 5. The molecule has 0 bridgehead atoms. The third-order valence-corrected chi connectivity index (χ3v) is 6.40. The van der Waals surface area contributed by atoms with E-state index in [4.69, 9.17) is 14.2 Å². The molecule has 2 aliphatic heterocycles. The fraction of sp³-hybridized carbons (Fsp3) is 0.619. The number of unbranched alkanes of at least 4 members (excludes halogenated alkanes) is 1. The lowest BCUT2D eigenvalue weighted by Crippen LogP contribution is -2.49. The van der Waals surface area contributed by atoms with Gasteiger partial charge in [-0.15, -0.1) is 0 Å². The molecule has 2 fully saturated rings. The molecular weight excluding hydrogens is 440 g/mol. The number of hydrogen-bond donors (Lipinski definition) is 0. The van der Waals surface area contributed by atoms with Gasteiger partial charge in [-0.3, -0.25) is 9.69 Å². The van der Waals surface area contributed by atoms with Crippen LogP contribution < -0.4 is 9.47 Å². The van der Waals surface area contributed by atoms with Gasteiger partial charge in [0.05, 0.1) is 25.8 Å². The predicted molar refractivity (Wildman–Crippen MR) is 113 cm³/mol. The first-order valence-corrected chi connectivity index (χ1v) is 10.9. The van der Waals surface area contributed by atoms with Crippen molar-refractivity contribution in [3.8, 4) is 11.5 Å². The van der Waals surface area contributed by atoms with Crippen LogP contribution in [0.25, 0.3) is 0 Å². The van der Waals surface area contributed by atoms with E-state index in [2.05, 4.69) is 22.9 Å². The van der Waals surface area contributed by atoms with Crippen molar-refractivity contribution in [1.29, 1.82) is 0 Å². The van der Waals surface area contributed by atoms with E-state index in [9.17, 15) is 9.59 Å². The fourth-order valence-corrected chi connectivity index (χ4v) is 4.61. The van der Waals surface area contributed by atoms with Gasteiger partial charge in [0, 0.05) is 23.6 Å². The van der Waals surface area contributed by atoms with Crippen LogP contribution in [0.15, 0.2) is 16.6 Å². The van der Waals surface area contributed by atoms with Gasteiger partial charge in [0.15, 0.2) is 11.5 Å². The number of carbonyl (C=O) groups is 2. The molecule has 2 saturated heterocycles. The second-order valence-corrected chi connectivity index (χ2v) is 8.34. The van der Waals surface area contributed by atoms with E-state index in [1.807, 2.05) is 9.80 Å². The SMILES string of the molecule is CCCCC1COC(=O)N1C1CCN(C(=O)c2cc(OC)c(OC)cc2Br)CC1. The van der Waals surface area contributed by atoms with Gasteiger partial charge in [0.2, 0.25) is 0 Å². The minimum atomic E-state index is -0.210. The van der Waals surface area contributed by atoms with Crippen LogP contribution in [-0.2, 0) is 4.74 Å². The van der Waals surface area contributed by atoms with Gasteiger partial charge in [0.25, 0.3) is 5.91 Å². The summed E-state index contributed by atoms with van der Waals surface area (Å²) < 4.78 is 16.6. The molecular formula is C21H29BrN2O5. The second kappa shape index (κ2) is 9.69. The first-order chi connectivity index (χ1) is 14.0. The summed E-state index contributed by atoms with van der Waals surface area (Å²) in [6.07, 6.45) is 4.47. The highest BCUT2D eigenvalue weighted by molar-refractivity contribution is 9.10. The minimum absolute atomic E-state index is 0.0530. The van der Waals surface area contributed by atoms with Crippen molar-refractivity contribution in [3.63, 3.8) is 0 Å². The molecule has 0 N–H and O–H groups in total. The standard InChI is InChI=1S/C21H29BrN2O5/c1-4-5-6-15-13-29-21(26)24(15)14-7-9-23(10-8-14)20(25)16-11-18(27-2)19(28-3)12-17(16)22/h11-12,14-15H,4-10,13H2,1-3H3. The number of piperidine rings is 1. The van der Waals surface area contributed by atoms with Crippen molar-refractivity contribution in [2.75, 3.05) is 33.9 Å². The van der Waals surface area contributed by atoms with E-state index >= 15 is 0 Å². The number of amides is 2. The Morgan fingerprint density at radius 2 is 1.86 bits per heavy atom. The number of benzene rings is 1. The minimum Gasteiger partial charge on any atom is -0.493 e. The summed E-state index contributed by atoms with van der Waals surface area (Å²) in [6.45, 7) is 3.85. The maximum atomic E-state index is 13.1. The molecule has 1 aromatic carbocycles. The average Bonchev–Trinajstić information content (AvgIpc) is 3.11. The van der Waals surface area contributed by atoms with Crippen molar-refractivity contribution < 1.29 is 23.8 Å². The van der Waals surface area contributed by atoms with Crippen LogP contribution in [-0.4, -0.2) is 67.8 Å². The number of ether oxygens (including phenoxy) is 3. The molecule has 1 aromatic rings. The van der Waals surface area contributed by atoms with E-state index in [0.717, 1.165) is 32.1 Å². The highest BCUT2D eigenvalue weighted by Gasteiger charge is 2.39. The monoisotopic (exact) mass is 468 g/mol. The van der Waals surface area contributed by atoms with Gasteiger partial charge in [-0.1, -0.05) is 19.8 Å². The molecule has 1 unspecified atom stereocenters. The first-order valence-electron chi connectivity index (χ1n) is 10.2. The number of methoxy groups -OCH3 is 2. The molecule has 8 heteroatoms. The Morgan fingerprint density at radius 1 is 1.21 bits per heavy atom. The molecule has 2 heterocycles. The summed E-state index contributed by atoms with van der Waals surface area (Å²) in [5, 5.41) is 0. The lowest BCUT2D eigenvalue weighted by atomic mass is 9.99. The lowest BCUT2D eigenvalue weighted by Gasteiger charge is -2.38. The van der Waals surface area contributed by atoms with Crippen LogP contribution >= 0.6 is 15.9 Å². The van der Waals surface area contributed by atoms with Crippen LogP contribution in [0, 0.1) is 0 Å². The van der Waals surface area contributed by atoms with Gasteiger partial charge in [-0.2, -0.15) is 0 Å². The van der Waals surface area contributed by atoms with Gasteiger partial charge < -0.3 is 19.1 Å². The topological polar surface area (TPSA) is 68.3 Å². The highest BCUT2D eigenvalue weighted by atomic mass is 79.9. The number of likely N-dealkylation sites (tertiary alicyclic amines) is 1.